The van der Waals surface area contributed by atoms with Crippen molar-refractivity contribution in [2.45, 2.75) is 51.6 Å². The van der Waals surface area contributed by atoms with Gasteiger partial charge in [-0.2, -0.15) is 4.37 Å². The second kappa shape index (κ2) is 11.2. The van der Waals surface area contributed by atoms with Crippen LogP contribution in [-0.4, -0.2) is 42.2 Å². The zero-order valence-corrected chi connectivity index (χ0v) is 23.0. The van der Waals surface area contributed by atoms with Gasteiger partial charge in [0.2, 0.25) is 5.91 Å². The second-order valence-electron chi connectivity index (χ2n) is 9.98. The number of rotatable bonds is 8. The number of hydrogen-bond donors (Lipinski definition) is 3. The summed E-state index contributed by atoms with van der Waals surface area (Å²) < 4.78 is 4.03. The number of nitrogens with one attached hydrogen (secondary N) is 1. The van der Waals surface area contributed by atoms with Gasteiger partial charge >= 0.3 is 0 Å². The monoisotopic (exact) mass is 534 g/mol. The molecule has 2 aromatic carbocycles. The normalized spacial score (nSPS) is 14.2. The van der Waals surface area contributed by atoms with E-state index in [9.17, 15) is 14.4 Å². The second-order valence-corrected chi connectivity index (χ2v) is 10.8. The highest BCUT2D eigenvalue weighted by molar-refractivity contribution is 7.09. The number of aryl methyl sites for hydroxylation is 2. The standard InChI is InChI=1S/C28H34N6O3S/c1-16-9-10-17(2)21(15-16)34(28(37)25-22(29)23(26(30)35)32-38-25)24(27(36)31-19-7-5-6-8-19)18-11-13-20(14-12-18)33(3)4/h9-15,19,24H,5-8,29H2,1-4H3,(H2,30,35)(H,31,36). The average molecular weight is 535 g/mol. The number of carbonyl (C=O) groups is 3. The first kappa shape index (κ1) is 27.1. The Bertz CT molecular complexity index is 1350. The fraction of sp³-hybridized carbons (Fsp3) is 0.357. The van der Waals surface area contributed by atoms with Crippen LogP contribution in [0, 0.1) is 13.8 Å². The van der Waals surface area contributed by atoms with E-state index in [2.05, 4.69) is 9.69 Å². The third-order valence-corrected chi connectivity index (χ3v) is 7.78. The Morgan fingerprint density at radius 1 is 1.05 bits per heavy atom. The quantitative estimate of drug-likeness (QED) is 0.401. The molecule has 1 fully saturated rings. The summed E-state index contributed by atoms with van der Waals surface area (Å²) in [6, 6.07) is 12.4. The number of nitrogens with zero attached hydrogens (tertiary/aromatic N) is 3. The molecule has 1 aromatic heterocycles. The lowest BCUT2D eigenvalue weighted by atomic mass is 9.99. The molecule has 1 heterocycles. The molecule has 1 saturated carbocycles. The first-order valence-electron chi connectivity index (χ1n) is 12.6. The van der Waals surface area contributed by atoms with Crippen LogP contribution < -0.4 is 26.6 Å². The van der Waals surface area contributed by atoms with Gasteiger partial charge in [-0.25, -0.2) is 0 Å². The minimum Gasteiger partial charge on any atom is -0.395 e. The van der Waals surface area contributed by atoms with Crippen LogP contribution in [0.1, 0.15) is 68.6 Å². The molecule has 0 aliphatic heterocycles. The number of carbonyl (C=O) groups excluding carboxylic acids is 3. The first-order chi connectivity index (χ1) is 18.1. The number of hydrogen-bond acceptors (Lipinski definition) is 7. The first-order valence-corrected chi connectivity index (χ1v) is 13.4. The zero-order chi connectivity index (χ0) is 27.6. The molecule has 1 atom stereocenters. The van der Waals surface area contributed by atoms with Gasteiger partial charge in [0.05, 0.1) is 5.69 Å². The summed E-state index contributed by atoms with van der Waals surface area (Å²) in [5.74, 6) is -1.61. The van der Waals surface area contributed by atoms with E-state index < -0.39 is 17.9 Å². The Morgan fingerprint density at radius 3 is 2.29 bits per heavy atom. The predicted molar refractivity (Wildman–Crippen MR) is 152 cm³/mol. The number of aromatic nitrogens is 1. The molecular weight excluding hydrogens is 500 g/mol. The Balaban J connectivity index is 1.89. The summed E-state index contributed by atoms with van der Waals surface area (Å²) in [5.41, 5.74) is 15.3. The Morgan fingerprint density at radius 2 is 1.71 bits per heavy atom. The maximum Gasteiger partial charge on any atom is 0.273 e. The molecule has 5 N–H and O–H groups in total. The Hall–Kier alpha value is -3.92. The molecule has 1 aliphatic carbocycles. The van der Waals surface area contributed by atoms with E-state index in [1.54, 1.807) is 0 Å². The predicted octanol–water partition coefficient (Wildman–Crippen LogP) is 3.95. The highest BCUT2D eigenvalue weighted by atomic mass is 32.1. The van der Waals surface area contributed by atoms with Crippen molar-refractivity contribution in [1.82, 2.24) is 9.69 Å². The molecule has 0 bridgehead atoms. The van der Waals surface area contributed by atoms with Gasteiger partial charge in [0, 0.05) is 31.5 Å². The van der Waals surface area contributed by atoms with Crippen molar-refractivity contribution >= 4 is 46.3 Å². The van der Waals surface area contributed by atoms with Gasteiger partial charge in [-0.1, -0.05) is 37.1 Å². The molecular formula is C28H34N6O3S. The summed E-state index contributed by atoms with van der Waals surface area (Å²) in [6.45, 7) is 3.82. The molecule has 3 aromatic rings. The number of amides is 3. The molecule has 0 saturated heterocycles. The minimum absolute atomic E-state index is 0.0524. The third kappa shape index (κ3) is 5.50. The molecule has 4 rings (SSSR count). The smallest absolute Gasteiger partial charge is 0.273 e. The van der Waals surface area contributed by atoms with Crippen molar-refractivity contribution in [1.29, 1.82) is 0 Å². The van der Waals surface area contributed by atoms with E-state index in [-0.39, 0.29) is 28.2 Å². The molecule has 0 spiro atoms. The molecule has 3 amide bonds. The van der Waals surface area contributed by atoms with Crippen molar-refractivity contribution < 1.29 is 14.4 Å². The molecule has 9 nitrogen and oxygen atoms in total. The van der Waals surface area contributed by atoms with Crippen LogP contribution in [0.4, 0.5) is 17.1 Å². The van der Waals surface area contributed by atoms with Gasteiger partial charge in [0.25, 0.3) is 11.8 Å². The van der Waals surface area contributed by atoms with Gasteiger partial charge in [-0.3, -0.25) is 19.3 Å². The lowest BCUT2D eigenvalue weighted by molar-refractivity contribution is -0.123. The molecule has 10 heteroatoms. The van der Waals surface area contributed by atoms with Crippen molar-refractivity contribution in [2.24, 2.45) is 5.73 Å². The molecule has 38 heavy (non-hydrogen) atoms. The highest BCUT2D eigenvalue weighted by Crippen LogP contribution is 2.36. The van der Waals surface area contributed by atoms with Crippen LogP contribution in [0.25, 0.3) is 0 Å². The average Bonchev–Trinajstić information content (AvgIpc) is 3.53. The van der Waals surface area contributed by atoms with Crippen molar-refractivity contribution in [3.63, 3.8) is 0 Å². The topological polar surface area (TPSA) is 135 Å². The van der Waals surface area contributed by atoms with Crippen LogP contribution >= 0.6 is 11.5 Å². The van der Waals surface area contributed by atoms with Gasteiger partial charge in [0.15, 0.2) is 5.69 Å². The molecule has 1 unspecified atom stereocenters. The zero-order valence-electron chi connectivity index (χ0n) is 22.2. The van der Waals surface area contributed by atoms with Crippen molar-refractivity contribution in [2.75, 3.05) is 29.6 Å². The molecule has 1 aliphatic rings. The fourth-order valence-electron chi connectivity index (χ4n) is 4.81. The van der Waals surface area contributed by atoms with Crippen LogP contribution in [0.3, 0.4) is 0 Å². The number of primary amides is 1. The van der Waals surface area contributed by atoms with Gasteiger partial charge in [0.1, 0.15) is 10.9 Å². The van der Waals surface area contributed by atoms with E-state index in [1.165, 1.54) is 4.90 Å². The Kier molecular flexibility index (Phi) is 8.01. The van der Waals surface area contributed by atoms with E-state index in [1.807, 2.05) is 75.3 Å². The SMILES string of the molecule is Cc1ccc(C)c(N(C(=O)c2snc(C(N)=O)c2N)C(C(=O)NC2CCCC2)c2ccc(N(C)C)cc2)c1. The van der Waals surface area contributed by atoms with Crippen LogP contribution in [0.15, 0.2) is 42.5 Å². The number of nitrogens with two attached hydrogens (primary N) is 2. The van der Waals surface area contributed by atoms with E-state index in [0.29, 0.717) is 11.3 Å². The summed E-state index contributed by atoms with van der Waals surface area (Å²) in [7, 11) is 3.88. The molecule has 200 valence electrons. The number of anilines is 3. The van der Waals surface area contributed by atoms with Gasteiger partial charge in [-0.05, 0) is 73.1 Å². The maximum absolute atomic E-state index is 14.3. The molecule has 0 radical (unpaired) electrons. The summed E-state index contributed by atoms with van der Waals surface area (Å²) in [6.07, 6.45) is 3.92. The minimum atomic E-state index is -0.988. The summed E-state index contributed by atoms with van der Waals surface area (Å²) in [5, 5.41) is 3.18. The lowest BCUT2D eigenvalue weighted by Gasteiger charge is -2.33. The van der Waals surface area contributed by atoms with Crippen molar-refractivity contribution in [3.8, 4) is 0 Å². The van der Waals surface area contributed by atoms with Crippen molar-refractivity contribution in [3.05, 3.63) is 69.7 Å². The largest absolute Gasteiger partial charge is 0.395 e. The maximum atomic E-state index is 14.3. The Labute approximate surface area is 227 Å². The van der Waals surface area contributed by atoms with Gasteiger partial charge in [-0.15, -0.1) is 0 Å². The van der Waals surface area contributed by atoms with Crippen LogP contribution in [0.5, 0.6) is 0 Å². The van der Waals surface area contributed by atoms with E-state index >= 15 is 0 Å². The van der Waals surface area contributed by atoms with E-state index in [4.69, 9.17) is 11.5 Å². The van der Waals surface area contributed by atoms with Crippen LogP contribution in [-0.2, 0) is 4.79 Å². The third-order valence-electron chi connectivity index (χ3n) is 6.93. The summed E-state index contributed by atoms with van der Waals surface area (Å²) in [4.78, 5) is 43.6. The highest BCUT2D eigenvalue weighted by Gasteiger charge is 2.37. The van der Waals surface area contributed by atoms with Crippen LogP contribution in [0.2, 0.25) is 0 Å². The number of benzene rings is 2. The fourth-order valence-corrected chi connectivity index (χ4v) is 5.55. The van der Waals surface area contributed by atoms with E-state index in [0.717, 1.165) is 54.0 Å². The number of nitrogen functional groups attached to an aromatic ring is 1. The summed E-state index contributed by atoms with van der Waals surface area (Å²) >= 11 is 0.804. The lowest BCUT2D eigenvalue weighted by Crippen LogP contribution is -2.46. The van der Waals surface area contributed by atoms with Gasteiger partial charge < -0.3 is 21.7 Å².